The zero-order valence-electron chi connectivity index (χ0n) is 12.4. The number of nitrogens with zero attached hydrogens (tertiary/aromatic N) is 1. The van der Waals surface area contributed by atoms with Gasteiger partial charge in [0.25, 0.3) is 0 Å². The van der Waals surface area contributed by atoms with Gasteiger partial charge in [-0.1, -0.05) is 13.8 Å². The number of hydrogen-bond acceptors (Lipinski definition) is 3. The van der Waals surface area contributed by atoms with E-state index < -0.39 is 0 Å². The normalized spacial score (nSPS) is 10.5. The van der Waals surface area contributed by atoms with Crippen LogP contribution in [0.5, 0.6) is 0 Å². The summed E-state index contributed by atoms with van der Waals surface area (Å²) >= 11 is 0. The standard InChI is InChI=1S/C16H28N2O/c1-3-12-18(13-4-2)16-9-7-15(8-10-16)17-11-5-6-14-19/h7-10,17,19H,3-6,11-14H2,1-2H3. The first kappa shape index (κ1) is 15.8. The molecule has 0 atom stereocenters. The van der Waals surface area contributed by atoms with Gasteiger partial charge in [0.1, 0.15) is 0 Å². The summed E-state index contributed by atoms with van der Waals surface area (Å²) < 4.78 is 0. The molecule has 1 aromatic carbocycles. The molecule has 108 valence electrons. The van der Waals surface area contributed by atoms with Crippen LogP contribution in [0.3, 0.4) is 0 Å². The minimum Gasteiger partial charge on any atom is -0.396 e. The largest absolute Gasteiger partial charge is 0.396 e. The molecule has 3 nitrogen and oxygen atoms in total. The zero-order valence-corrected chi connectivity index (χ0v) is 12.4. The highest BCUT2D eigenvalue weighted by Gasteiger charge is 2.03. The van der Waals surface area contributed by atoms with Gasteiger partial charge in [0.15, 0.2) is 0 Å². The van der Waals surface area contributed by atoms with Crippen molar-refractivity contribution in [3.05, 3.63) is 24.3 Å². The molecular weight excluding hydrogens is 236 g/mol. The van der Waals surface area contributed by atoms with E-state index in [9.17, 15) is 0 Å². The highest BCUT2D eigenvalue weighted by Crippen LogP contribution is 2.18. The fraction of sp³-hybridized carbons (Fsp3) is 0.625. The zero-order chi connectivity index (χ0) is 13.9. The summed E-state index contributed by atoms with van der Waals surface area (Å²) in [7, 11) is 0. The molecular formula is C16H28N2O. The molecule has 0 radical (unpaired) electrons. The molecule has 0 unspecified atom stereocenters. The van der Waals surface area contributed by atoms with Crippen molar-refractivity contribution in [1.29, 1.82) is 0 Å². The number of rotatable bonds is 10. The van der Waals surface area contributed by atoms with Crippen LogP contribution in [0, 0.1) is 0 Å². The third-order valence-electron chi connectivity index (χ3n) is 3.13. The Kier molecular flexibility index (Phi) is 8.07. The van der Waals surface area contributed by atoms with Crippen LogP contribution >= 0.6 is 0 Å². The monoisotopic (exact) mass is 264 g/mol. The maximum Gasteiger partial charge on any atom is 0.0431 e. The molecule has 2 N–H and O–H groups in total. The van der Waals surface area contributed by atoms with Crippen molar-refractivity contribution in [3.63, 3.8) is 0 Å². The summed E-state index contributed by atoms with van der Waals surface area (Å²) in [6, 6.07) is 8.68. The van der Waals surface area contributed by atoms with Crippen molar-refractivity contribution >= 4 is 11.4 Å². The third-order valence-corrected chi connectivity index (χ3v) is 3.13. The first-order chi connectivity index (χ1) is 9.31. The van der Waals surface area contributed by atoms with Crippen molar-refractivity contribution < 1.29 is 5.11 Å². The Bertz CT molecular complexity index is 318. The molecule has 0 aliphatic rings. The van der Waals surface area contributed by atoms with Crippen LogP contribution in [0.1, 0.15) is 39.5 Å². The maximum absolute atomic E-state index is 8.73. The molecule has 0 fully saturated rings. The molecule has 0 saturated carbocycles. The van der Waals surface area contributed by atoms with Crippen molar-refractivity contribution in [2.75, 3.05) is 36.5 Å². The average Bonchev–Trinajstić information content (AvgIpc) is 2.44. The van der Waals surface area contributed by atoms with Crippen LogP contribution in [0.15, 0.2) is 24.3 Å². The topological polar surface area (TPSA) is 35.5 Å². The Labute approximate surface area is 117 Å². The van der Waals surface area contributed by atoms with E-state index >= 15 is 0 Å². The van der Waals surface area contributed by atoms with E-state index in [1.807, 2.05) is 0 Å². The fourth-order valence-corrected chi connectivity index (χ4v) is 2.17. The van der Waals surface area contributed by atoms with Crippen molar-refractivity contribution in [2.45, 2.75) is 39.5 Å². The molecule has 19 heavy (non-hydrogen) atoms. The number of aliphatic hydroxyl groups is 1. The lowest BCUT2D eigenvalue weighted by Gasteiger charge is -2.24. The van der Waals surface area contributed by atoms with Gasteiger partial charge < -0.3 is 15.3 Å². The molecule has 0 amide bonds. The molecule has 3 heteroatoms. The van der Waals surface area contributed by atoms with Gasteiger partial charge in [-0.25, -0.2) is 0 Å². The van der Waals surface area contributed by atoms with Crippen molar-refractivity contribution in [2.24, 2.45) is 0 Å². The molecule has 0 aromatic heterocycles. The maximum atomic E-state index is 8.73. The smallest absolute Gasteiger partial charge is 0.0431 e. The van der Waals surface area contributed by atoms with Crippen molar-refractivity contribution in [1.82, 2.24) is 0 Å². The molecule has 0 aliphatic heterocycles. The van der Waals surface area contributed by atoms with Crippen LogP contribution in [0.4, 0.5) is 11.4 Å². The van der Waals surface area contributed by atoms with Crippen LogP contribution < -0.4 is 10.2 Å². The van der Waals surface area contributed by atoms with Crippen LogP contribution in [0.25, 0.3) is 0 Å². The molecule has 1 aromatic rings. The number of aliphatic hydroxyl groups excluding tert-OH is 1. The molecule has 0 spiro atoms. The Balaban J connectivity index is 2.49. The van der Waals surface area contributed by atoms with Crippen LogP contribution in [-0.2, 0) is 0 Å². The predicted molar refractivity (Wildman–Crippen MR) is 84.0 cm³/mol. The quantitative estimate of drug-likeness (QED) is 0.635. The fourth-order valence-electron chi connectivity index (χ4n) is 2.17. The summed E-state index contributed by atoms with van der Waals surface area (Å²) in [5.41, 5.74) is 2.47. The lowest BCUT2D eigenvalue weighted by molar-refractivity contribution is 0.286. The second kappa shape index (κ2) is 9.68. The lowest BCUT2D eigenvalue weighted by atomic mass is 10.2. The Morgan fingerprint density at radius 1 is 1.00 bits per heavy atom. The third kappa shape index (κ3) is 5.97. The van der Waals surface area contributed by atoms with Gasteiger partial charge in [0.2, 0.25) is 0 Å². The molecule has 0 heterocycles. The summed E-state index contributed by atoms with van der Waals surface area (Å²) in [5, 5.41) is 12.1. The first-order valence-corrected chi connectivity index (χ1v) is 7.51. The highest BCUT2D eigenvalue weighted by molar-refractivity contribution is 5.55. The van der Waals surface area contributed by atoms with Gasteiger partial charge in [0.05, 0.1) is 0 Å². The Morgan fingerprint density at radius 3 is 2.16 bits per heavy atom. The number of benzene rings is 1. The first-order valence-electron chi connectivity index (χ1n) is 7.51. The van der Waals surface area contributed by atoms with Gasteiger partial charge in [-0.3, -0.25) is 0 Å². The molecule has 1 rings (SSSR count). The number of hydrogen-bond donors (Lipinski definition) is 2. The number of anilines is 2. The van der Waals surface area contributed by atoms with E-state index in [1.54, 1.807) is 0 Å². The van der Waals surface area contributed by atoms with Gasteiger partial charge in [-0.05, 0) is 49.9 Å². The van der Waals surface area contributed by atoms with Gasteiger partial charge >= 0.3 is 0 Å². The number of nitrogens with one attached hydrogen (secondary N) is 1. The lowest BCUT2D eigenvalue weighted by Crippen LogP contribution is -2.24. The SMILES string of the molecule is CCCN(CCC)c1ccc(NCCCCO)cc1. The van der Waals surface area contributed by atoms with E-state index in [2.05, 4.69) is 48.3 Å². The highest BCUT2D eigenvalue weighted by atomic mass is 16.2. The summed E-state index contributed by atoms with van der Waals surface area (Å²) in [5.74, 6) is 0. The second-order valence-corrected chi connectivity index (χ2v) is 4.89. The second-order valence-electron chi connectivity index (χ2n) is 4.89. The minimum atomic E-state index is 0.281. The van der Waals surface area contributed by atoms with E-state index in [-0.39, 0.29) is 6.61 Å². The summed E-state index contributed by atoms with van der Waals surface area (Å²) in [6.07, 6.45) is 4.24. The molecule has 0 aliphatic carbocycles. The average molecular weight is 264 g/mol. The Hall–Kier alpha value is -1.22. The van der Waals surface area contributed by atoms with E-state index in [1.165, 1.54) is 18.5 Å². The van der Waals surface area contributed by atoms with Gasteiger partial charge in [0, 0.05) is 37.6 Å². The van der Waals surface area contributed by atoms with Crippen LogP contribution in [-0.4, -0.2) is 31.3 Å². The van der Waals surface area contributed by atoms with E-state index in [0.717, 1.165) is 38.2 Å². The van der Waals surface area contributed by atoms with Crippen molar-refractivity contribution in [3.8, 4) is 0 Å². The van der Waals surface area contributed by atoms with E-state index in [0.29, 0.717) is 0 Å². The minimum absolute atomic E-state index is 0.281. The van der Waals surface area contributed by atoms with Crippen LogP contribution in [0.2, 0.25) is 0 Å². The van der Waals surface area contributed by atoms with E-state index in [4.69, 9.17) is 5.11 Å². The van der Waals surface area contributed by atoms with Gasteiger partial charge in [-0.2, -0.15) is 0 Å². The van der Waals surface area contributed by atoms with Gasteiger partial charge in [-0.15, -0.1) is 0 Å². The summed E-state index contributed by atoms with van der Waals surface area (Å²) in [6.45, 7) is 7.89. The molecule has 0 saturated heterocycles. The Morgan fingerprint density at radius 2 is 1.63 bits per heavy atom. The molecule has 0 bridgehead atoms. The summed E-state index contributed by atoms with van der Waals surface area (Å²) in [4.78, 5) is 2.44. The number of unbranched alkanes of at least 4 members (excludes halogenated alkanes) is 1. The predicted octanol–water partition coefficient (Wildman–Crippen LogP) is 3.50.